The molecule has 2 aromatic rings. The van der Waals surface area contributed by atoms with Gasteiger partial charge in [-0.25, -0.2) is 4.98 Å². The molecule has 2 aromatic heterocycles. The topological polar surface area (TPSA) is 50.5 Å². The van der Waals surface area contributed by atoms with Crippen LogP contribution in [0.2, 0.25) is 0 Å². The molecule has 0 N–H and O–H groups in total. The predicted molar refractivity (Wildman–Crippen MR) is 68.7 cm³/mol. The van der Waals surface area contributed by atoms with Crippen LogP contribution < -0.4 is 4.90 Å². The zero-order valence-corrected chi connectivity index (χ0v) is 10.4. The van der Waals surface area contributed by atoms with Crippen molar-refractivity contribution in [2.45, 2.75) is 19.8 Å². The number of pyridine rings is 1. The molecule has 94 valence electrons. The summed E-state index contributed by atoms with van der Waals surface area (Å²) >= 11 is 0. The van der Waals surface area contributed by atoms with Crippen LogP contribution in [0, 0.1) is 12.8 Å². The molecule has 18 heavy (non-hydrogen) atoms. The molecule has 1 aliphatic rings. The molecule has 1 fully saturated rings. The largest absolute Gasteiger partial charge is 0.356 e. The van der Waals surface area contributed by atoms with Gasteiger partial charge in [0.15, 0.2) is 5.65 Å². The van der Waals surface area contributed by atoms with Crippen molar-refractivity contribution in [1.82, 2.24) is 14.6 Å². The van der Waals surface area contributed by atoms with Crippen molar-refractivity contribution in [3.8, 4) is 0 Å². The van der Waals surface area contributed by atoms with Crippen LogP contribution >= 0.6 is 0 Å². The lowest BCUT2D eigenvalue weighted by atomic mass is 10.00. The number of nitrogens with zero attached hydrogens (tertiary/aromatic N) is 4. The molecular weight excluding hydrogens is 228 g/mol. The van der Waals surface area contributed by atoms with Gasteiger partial charge in [0, 0.05) is 19.0 Å². The molecule has 1 saturated heterocycles. The van der Waals surface area contributed by atoms with Crippen LogP contribution in [0.4, 0.5) is 5.82 Å². The molecule has 3 heterocycles. The Morgan fingerprint density at radius 3 is 3.17 bits per heavy atom. The Hall–Kier alpha value is -1.91. The van der Waals surface area contributed by atoms with Crippen molar-refractivity contribution in [2.75, 3.05) is 18.0 Å². The third-order valence-corrected chi connectivity index (χ3v) is 3.48. The summed E-state index contributed by atoms with van der Waals surface area (Å²) in [7, 11) is 0. The fourth-order valence-electron chi connectivity index (χ4n) is 2.59. The molecule has 0 bridgehead atoms. The average Bonchev–Trinajstić information content (AvgIpc) is 2.85. The summed E-state index contributed by atoms with van der Waals surface area (Å²) in [6, 6.07) is 4.12. The predicted octanol–water partition coefficient (Wildman–Crippen LogP) is 1.45. The van der Waals surface area contributed by atoms with E-state index in [4.69, 9.17) is 0 Å². The molecule has 0 spiro atoms. The van der Waals surface area contributed by atoms with Gasteiger partial charge >= 0.3 is 0 Å². The van der Waals surface area contributed by atoms with Crippen LogP contribution in [0.1, 0.15) is 18.4 Å². The minimum atomic E-state index is 0.137. The van der Waals surface area contributed by atoms with Crippen LogP contribution in [0.5, 0.6) is 0 Å². The number of carbonyl (C=O) groups excluding carboxylic acids is 1. The van der Waals surface area contributed by atoms with E-state index in [1.807, 2.05) is 10.6 Å². The third-order valence-electron chi connectivity index (χ3n) is 3.48. The summed E-state index contributed by atoms with van der Waals surface area (Å²) in [5.41, 5.74) is 2.02. The maximum Gasteiger partial charge on any atom is 0.157 e. The van der Waals surface area contributed by atoms with Crippen molar-refractivity contribution in [2.24, 2.45) is 5.92 Å². The Kier molecular flexibility index (Phi) is 2.74. The highest BCUT2D eigenvalue weighted by Crippen LogP contribution is 2.23. The van der Waals surface area contributed by atoms with E-state index >= 15 is 0 Å². The van der Waals surface area contributed by atoms with Crippen LogP contribution in [-0.4, -0.2) is 34.0 Å². The van der Waals surface area contributed by atoms with Crippen LogP contribution in [0.25, 0.3) is 5.65 Å². The third kappa shape index (κ3) is 1.85. The molecule has 3 rings (SSSR count). The highest BCUT2D eigenvalue weighted by Gasteiger charge is 2.21. The fraction of sp³-hybridized carbons (Fsp3) is 0.462. The number of anilines is 1. The maximum absolute atomic E-state index is 11.0. The minimum absolute atomic E-state index is 0.137. The standard InChI is InChI=1S/C13H16N4O/c1-10-5-12-14-9-15-17(12)13(6-10)16-4-2-3-11(7-16)8-18/h5-6,8-9,11H,2-4,7H2,1H3. The molecule has 0 aliphatic carbocycles. The second kappa shape index (κ2) is 4.40. The van der Waals surface area contributed by atoms with Crippen molar-refractivity contribution >= 4 is 17.8 Å². The Morgan fingerprint density at radius 1 is 1.44 bits per heavy atom. The minimum Gasteiger partial charge on any atom is -0.356 e. The number of rotatable bonds is 2. The van der Waals surface area contributed by atoms with Crippen LogP contribution in [0.3, 0.4) is 0 Å². The second-order valence-corrected chi connectivity index (χ2v) is 4.91. The van der Waals surface area contributed by atoms with Crippen molar-refractivity contribution in [3.05, 3.63) is 24.0 Å². The van der Waals surface area contributed by atoms with Crippen molar-refractivity contribution in [1.29, 1.82) is 0 Å². The first kappa shape index (κ1) is 11.2. The van der Waals surface area contributed by atoms with E-state index in [1.54, 1.807) is 6.33 Å². The molecule has 0 amide bonds. The van der Waals surface area contributed by atoms with Gasteiger partial charge in [-0.15, -0.1) is 0 Å². The number of piperidine rings is 1. The molecule has 1 unspecified atom stereocenters. The van der Waals surface area contributed by atoms with Crippen molar-refractivity contribution < 1.29 is 4.79 Å². The zero-order valence-electron chi connectivity index (χ0n) is 10.4. The zero-order chi connectivity index (χ0) is 12.5. The fourth-order valence-corrected chi connectivity index (χ4v) is 2.59. The van der Waals surface area contributed by atoms with E-state index in [0.717, 1.165) is 43.7 Å². The molecular formula is C13H16N4O. The number of aldehydes is 1. The van der Waals surface area contributed by atoms with Crippen LogP contribution in [-0.2, 0) is 4.79 Å². The van der Waals surface area contributed by atoms with Gasteiger partial charge in [0.05, 0.1) is 0 Å². The molecule has 1 aliphatic heterocycles. The Labute approximate surface area is 105 Å². The van der Waals surface area contributed by atoms with Gasteiger partial charge in [0.2, 0.25) is 0 Å². The lowest BCUT2D eigenvalue weighted by Crippen LogP contribution is -2.37. The highest BCUT2D eigenvalue weighted by molar-refractivity contribution is 5.58. The number of carbonyl (C=O) groups is 1. The van der Waals surface area contributed by atoms with E-state index in [1.165, 1.54) is 5.56 Å². The Balaban J connectivity index is 2.02. The Bertz CT molecular complexity index is 577. The molecule has 5 nitrogen and oxygen atoms in total. The summed E-state index contributed by atoms with van der Waals surface area (Å²) in [6.07, 6.45) is 4.68. The monoisotopic (exact) mass is 244 g/mol. The summed E-state index contributed by atoms with van der Waals surface area (Å²) in [4.78, 5) is 17.4. The van der Waals surface area contributed by atoms with Gasteiger partial charge in [-0.05, 0) is 37.5 Å². The molecule has 0 radical (unpaired) electrons. The molecule has 0 saturated carbocycles. The first-order valence-electron chi connectivity index (χ1n) is 6.28. The Morgan fingerprint density at radius 2 is 2.33 bits per heavy atom. The summed E-state index contributed by atoms with van der Waals surface area (Å²) in [5.74, 6) is 1.17. The lowest BCUT2D eigenvalue weighted by Gasteiger charge is -2.32. The number of aryl methyl sites for hydroxylation is 1. The number of aromatic nitrogens is 3. The van der Waals surface area contributed by atoms with Crippen LogP contribution in [0.15, 0.2) is 18.5 Å². The normalized spacial score (nSPS) is 20.3. The second-order valence-electron chi connectivity index (χ2n) is 4.91. The van der Waals surface area contributed by atoms with E-state index in [-0.39, 0.29) is 5.92 Å². The van der Waals surface area contributed by atoms with Crippen molar-refractivity contribution in [3.63, 3.8) is 0 Å². The van der Waals surface area contributed by atoms with Gasteiger partial charge in [-0.1, -0.05) is 0 Å². The average molecular weight is 244 g/mol. The number of hydrogen-bond donors (Lipinski definition) is 0. The smallest absolute Gasteiger partial charge is 0.157 e. The summed E-state index contributed by atoms with van der Waals surface area (Å²) in [5, 5.41) is 4.26. The van der Waals surface area contributed by atoms with Gasteiger partial charge < -0.3 is 9.69 Å². The quantitative estimate of drug-likeness (QED) is 0.750. The van der Waals surface area contributed by atoms with E-state index < -0.39 is 0 Å². The highest BCUT2D eigenvalue weighted by atomic mass is 16.1. The SMILES string of the molecule is Cc1cc(N2CCCC(C=O)C2)n2ncnc2c1. The van der Waals surface area contributed by atoms with Gasteiger partial charge in [-0.3, -0.25) is 0 Å². The first-order valence-corrected chi connectivity index (χ1v) is 6.28. The maximum atomic E-state index is 11.0. The lowest BCUT2D eigenvalue weighted by molar-refractivity contribution is -0.111. The molecule has 0 aromatic carbocycles. The van der Waals surface area contributed by atoms with E-state index in [0.29, 0.717) is 0 Å². The summed E-state index contributed by atoms with van der Waals surface area (Å²) < 4.78 is 1.85. The number of hydrogen-bond acceptors (Lipinski definition) is 4. The molecule has 1 atom stereocenters. The first-order chi connectivity index (χ1) is 8.78. The van der Waals surface area contributed by atoms with Gasteiger partial charge in [0.1, 0.15) is 18.4 Å². The summed E-state index contributed by atoms with van der Waals surface area (Å²) in [6.45, 7) is 3.81. The van der Waals surface area contributed by atoms with E-state index in [2.05, 4.69) is 28.0 Å². The van der Waals surface area contributed by atoms with Gasteiger partial charge in [-0.2, -0.15) is 9.61 Å². The molecule has 5 heteroatoms. The van der Waals surface area contributed by atoms with E-state index in [9.17, 15) is 4.79 Å². The van der Waals surface area contributed by atoms with Gasteiger partial charge in [0.25, 0.3) is 0 Å². The number of fused-ring (bicyclic) bond motifs is 1.